The molecule has 0 saturated carbocycles. The number of hydrogen-bond donors (Lipinski definition) is 0. The number of benzene rings is 1. The number of urea groups is 1. The van der Waals surface area contributed by atoms with Crippen molar-refractivity contribution in [2.45, 2.75) is 38.0 Å². The van der Waals surface area contributed by atoms with E-state index in [1.54, 1.807) is 4.90 Å². The van der Waals surface area contributed by atoms with Crippen LogP contribution in [0.15, 0.2) is 24.3 Å². The number of rotatable bonds is 3. The van der Waals surface area contributed by atoms with Gasteiger partial charge >= 0.3 is 12.1 Å². The largest absolute Gasteiger partial charge is 0.436 e. The molecule has 0 bridgehead atoms. The lowest BCUT2D eigenvalue weighted by molar-refractivity contribution is 0.117. The Morgan fingerprint density at radius 2 is 1.91 bits per heavy atom. The average molecular weight is 453 g/mol. The fourth-order valence-electron chi connectivity index (χ4n) is 5.51. The summed E-state index contributed by atoms with van der Waals surface area (Å²) >= 11 is 0. The van der Waals surface area contributed by atoms with Crippen molar-refractivity contribution in [1.82, 2.24) is 14.7 Å². The molecule has 3 aliphatic heterocycles. The molecule has 1 spiro atoms. The molecule has 4 rings (SSSR count). The van der Waals surface area contributed by atoms with Crippen LogP contribution in [0.2, 0.25) is 0 Å². The first-order valence-electron chi connectivity index (χ1n) is 12.1. The van der Waals surface area contributed by atoms with Crippen LogP contribution < -0.4 is 4.90 Å². The molecule has 7 heteroatoms. The van der Waals surface area contributed by atoms with Crippen molar-refractivity contribution in [3.8, 4) is 11.8 Å². The van der Waals surface area contributed by atoms with Gasteiger partial charge in [0.15, 0.2) is 6.61 Å². The van der Waals surface area contributed by atoms with Crippen LogP contribution in [0.25, 0.3) is 0 Å². The number of carbonyl (C=O) groups is 2. The Morgan fingerprint density at radius 3 is 2.64 bits per heavy atom. The lowest BCUT2D eigenvalue weighted by Crippen LogP contribution is -2.48. The molecule has 1 aromatic carbocycles. The van der Waals surface area contributed by atoms with E-state index >= 15 is 0 Å². The van der Waals surface area contributed by atoms with Gasteiger partial charge in [-0.15, -0.1) is 5.92 Å². The summed E-state index contributed by atoms with van der Waals surface area (Å²) in [5.41, 5.74) is 2.43. The van der Waals surface area contributed by atoms with Gasteiger partial charge in [-0.05, 0) is 49.9 Å². The van der Waals surface area contributed by atoms with E-state index in [9.17, 15) is 9.59 Å². The first kappa shape index (κ1) is 23.4. The van der Waals surface area contributed by atoms with Gasteiger partial charge < -0.3 is 19.4 Å². The van der Waals surface area contributed by atoms with Crippen molar-refractivity contribution in [2.75, 3.05) is 64.9 Å². The average Bonchev–Trinajstić information content (AvgIpc) is 3.41. The Bertz CT molecular complexity index is 927. The van der Waals surface area contributed by atoms with Crippen LogP contribution in [0.1, 0.15) is 38.2 Å². The normalized spacial score (nSPS) is 21.5. The molecule has 1 aromatic rings. The summed E-state index contributed by atoms with van der Waals surface area (Å²) in [5, 5.41) is 0. The van der Waals surface area contributed by atoms with Crippen LogP contribution in [0, 0.1) is 17.8 Å². The molecular weight excluding hydrogens is 416 g/mol. The SMILES string of the molecule is CCC#CCOC(=O)N1CC[C@H](CN2CCC3(CC2)CN(C(=O)N(C)C)c2ccccc23)C1. The summed E-state index contributed by atoms with van der Waals surface area (Å²) in [6.45, 7) is 7.49. The number of para-hydroxylation sites is 1. The number of fused-ring (bicyclic) bond motifs is 2. The molecule has 0 aliphatic carbocycles. The van der Waals surface area contributed by atoms with Gasteiger partial charge in [0.25, 0.3) is 0 Å². The van der Waals surface area contributed by atoms with Crippen molar-refractivity contribution in [3.63, 3.8) is 0 Å². The summed E-state index contributed by atoms with van der Waals surface area (Å²) in [5.74, 6) is 6.26. The molecule has 178 valence electrons. The van der Waals surface area contributed by atoms with E-state index in [2.05, 4.69) is 34.9 Å². The molecular formula is C26H36N4O3. The molecule has 7 nitrogen and oxygen atoms in total. The smallest absolute Gasteiger partial charge is 0.410 e. The van der Waals surface area contributed by atoms with Crippen LogP contribution in [-0.2, 0) is 10.2 Å². The third kappa shape index (κ3) is 4.96. The summed E-state index contributed by atoms with van der Waals surface area (Å²) in [6.07, 6.45) is 3.65. The monoisotopic (exact) mass is 452 g/mol. The lowest BCUT2D eigenvalue weighted by Gasteiger charge is -2.40. The maximum atomic E-state index is 12.8. The van der Waals surface area contributed by atoms with E-state index in [0.29, 0.717) is 5.92 Å². The number of piperidine rings is 1. The predicted molar refractivity (Wildman–Crippen MR) is 129 cm³/mol. The maximum absolute atomic E-state index is 12.8. The molecule has 1 atom stereocenters. The van der Waals surface area contributed by atoms with Gasteiger partial charge in [-0.2, -0.15) is 0 Å². The van der Waals surface area contributed by atoms with Crippen molar-refractivity contribution >= 4 is 17.8 Å². The highest BCUT2D eigenvalue weighted by molar-refractivity contribution is 5.95. The van der Waals surface area contributed by atoms with E-state index in [0.717, 1.165) is 70.6 Å². The molecule has 2 fully saturated rings. The predicted octanol–water partition coefficient (Wildman–Crippen LogP) is 3.39. The van der Waals surface area contributed by atoms with E-state index in [4.69, 9.17) is 4.74 Å². The van der Waals surface area contributed by atoms with Crippen molar-refractivity contribution in [2.24, 2.45) is 5.92 Å². The second kappa shape index (κ2) is 10.0. The highest BCUT2D eigenvalue weighted by Crippen LogP contribution is 2.47. The zero-order valence-corrected chi connectivity index (χ0v) is 20.2. The lowest BCUT2D eigenvalue weighted by atomic mass is 9.74. The van der Waals surface area contributed by atoms with Gasteiger partial charge in [0, 0.05) is 57.8 Å². The number of amides is 3. The van der Waals surface area contributed by atoms with Crippen molar-refractivity contribution in [1.29, 1.82) is 0 Å². The summed E-state index contributed by atoms with van der Waals surface area (Å²) < 4.78 is 5.27. The third-order valence-electron chi connectivity index (χ3n) is 7.28. The number of anilines is 1. The second-order valence-electron chi connectivity index (χ2n) is 9.72. The molecule has 3 amide bonds. The van der Waals surface area contributed by atoms with Gasteiger partial charge in [-0.3, -0.25) is 4.90 Å². The Hall–Kier alpha value is -2.72. The zero-order valence-electron chi connectivity index (χ0n) is 20.2. The van der Waals surface area contributed by atoms with E-state index < -0.39 is 0 Å². The minimum Gasteiger partial charge on any atom is -0.436 e. The van der Waals surface area contributed by atoms with E-state index in [-0.39, 0.29) is 24.1 Å². The number of nitrogens with zero attached hydrogens (tertiary/aromatic N) is 4. The Kier molecular flexibility index (Phi) is 7.14. The standard InChI is InChI=1S/C26H36N4O3/c1-4-5-8-17-33-25(32)29-14-11-21(19-29)18-28-15-12-26(13-16-28)20-30(24(31)27(2)3)23-10-7-6-9-22(23)26/h6-7,9-10,21H,4,11-20H2,1-3H3/t21-/m1/s1. The molecule has 33 heavy (non-hydrogen) atoms. The molecule has 0 radical (unpaired) electrons. The fourth-order valence-corrected chi connectivity index (χ4v) is 5.51. The Balaban J connectivity index is 1.31. The first-order valence-corrected chi connectivity index (χ1v) is 12.1. The van der Waals surface area contributed by atoms with Crippen LogP contribution in [-0.4, -0.2) is 86.8 Å². The number of likely N-dealkylation sites (tertiary alicyclic amines) is 2. The molecule has 3 heterocycles. The minimum atomic E-state index is -0.242. The highest BCUT2D eigenvalue weighted by atomic mass is 16.6. The molecule has 0 unspecified atom stereocenters. The maximum Gasteiger partial charge on any atom is 0.410 e. The minimum absolute atomic E-state index is 0.0454. The van der Waals surface area contributed by atoms with Gasteiger partial charge in [-0.25, -0.2) is 9.59 Å². The Morgan fingerprint density at radius 1 is 1.15 bits per heavy atom. The van der Waals surface area contributed by atoms with Gasteiger partial charge in [0.1, 0.15) is 0 Å². The summed E-state index contributed by atoms with van der Waals surface area (Å²) in [7, 11) is 3.63. The molecule has 2 saturated heterocycles. The van der Waals surface area contributed by atoms with E-state index in [1.807, 2.05) is 36.9 Å². The van der Waals surface area contributed by atoms with Crippen LogP contribution in [0.5, 0.6) is 0 Å². The first-order chi connectivity index (χ1) is 15.9. The number of ether oxygens (including phenoxy) is 1. The fraction of sp³-hybridized carbons (Fsp3) is 0.615. The molecule has 0 aromatic heterocycles. The zero-order chi connectivity index (χ0) is 23.4. The van der Waals surface area contributed by atoms with Crippen molar-refractivity contribution in [3.05, 3.63) is 29.8 Å². The van der Waals surface area contributed by atoms with Crippen LogP contribution in [0.4, 0.5) is 15.3 Å². The quantitative estimate of drug-likeness (QED) is 0.660. The molecule has 3 aliphatic rings. The Labute approximate surface area is 197 Å². The summed E-state index contributed by atoms with van der Waals surface area (Å²) in [4.78, 5) is 33.0. The number of hydrogen-bond acceptors (Lipinski definition) is 4. The topological polar surface area (TPSA) is 56.3 Å². The van der Waals surface area contributed by atoms with Gasteiger partial charge in [0.2, 0.25) is 0 Å². The van der Waals surface area contributed by atoms with Crippen LogP contribution in [0.3, 0.4) is 0 Å². The third-order valence-corrected chi connectivity index (χ3v) is 7.28. The van der Waals surface area contributed by atoms with Crippen molar-refractivity contribution < 1.29 is 14.3 Å². The van der Waals surface area contributed by atoms with Crippen LogP contribution >= 0.6 is 0 Å². The number of carbonyl (C=O) groups excluding carboxylic acids is 2. The highest BCUT2D eigenvalue weighted by Gasteiger charge is 2.46. The van der Waals surface area contributed by atoms with Gasteiger partial charge in [0.05, 0.1) is 0 Å². The van der Waals surface area contributed by atoms with E-state index in [1.165, 1.54) is 5.56 Å². The summed E-state index contributed by atoms with van der Waals surface area (Å²) in [6, 6.07) is 8.46. The molecule has 0 N–H and O–H groups in total. The van der Waals surface area contributed by atoms with Gasteiger partial charge in [-0.1, -0.05) is 31.0 Å². The second-order valence-corrected chi connectivity index (χ2v) is 9.72.